The highest BCUT2D eigenvalue weighted by atomic mass is 35.5. The van der Waals surface area contributed by atoms with Crippen LogP contribution in [0.15, 0.2) is 18.2 Å². The van der Waals surface area contributed by atoms with Gasteiger partial charge in [-0.25, -0.2) is 0 Å². The molecular weight excluding hydrogens is 322 g/mol. The Kier molecular flexibility index (Phi) is 5.03. The van der Waals surface area contributed by atoms with E-state index in [2.05, 4.69) is 0 Å². The lowest BCUT2D eigenvalue weighted by Crippen LogP contribution is -2.43. The third-order valence-electron chi connectivity index (χ3n) is 3.96. The van der Waals surface area contributed by atoms with Gasteiger partial charge in [0.2, 0.25) is 0 Å². The van der Waals surface area contributed by atoms with Crippen LogP contribution in [-0.2, 0) is 25.5 Å². The van der Waals surface area contributed by atoms with Crippen molar-refractivity contribution in [1.29, 1.82) is 0 Å². The van der Waals surface area contributed by atoms with Gasteiger partial charge in [-0.1, -0.05) is 11.6 Å². The first kappa shape index (κ1) is 16.1. The van der Waals surface area contributed by atoms with E-state index in [1.54, 1.807) is 23.1 Å². The van der Waals surface area contributed by atoms with Gasteiger partial charge < -0.3 is 19.1 Å². The first-order chi connectivity index (χ1) is 11.1. The van der Waals surface area contributed by atoms with Gasteiger partial charge >= 0.3 is 5.97 Å². The number of ether oxygens (including phenoxy) is 3. The molecule has 0 bridgehead atoms. The zero-order valence-electron chi connectivity index (χ0n) is 12.6. The normalized spacial score (nSPS) is 20.4. The summed E-state index contributed by atoms with van der Waals surface area (Å²) in [6, 6.07) is 5.33. The van der Waals surface area contributed by atoms with Crippen LogP contribution < -0.4 is 4.74 Å². The molecule has 1 saturated heterocycles. The predicted molar refractivity (Wildman–Crippen MR) is 82.5 cm³/mol. The van der Waals surface area contributed by atoms with Crippen LogP contribution in [0, 0.1) is 5.92 Å². The number of fused-ring (bicyclic) bond motifs is 1. The molecule has 1 aromatic rings. The molecule has 2 aliphatic heterocycles. The summed E-state index contributed by atoms with van der Waals surface area (Å²) >= 11 is 5.96. The number of hydrogen-bond donors (Lipinski definition) is 0. The van der Waals surface area contributed by atoms with E-state index in [9.17, 15) is 9.59 Å². The maximum atomic E-state index is 12.1. The Hall–Kier alpha value is -1.79. The molecule has 7 heteroatoms. The number of benzene rings is 1. The van der Waals surface area contributed by atoms with E-state index in [1.165, 1.54) is 0 Å². The van der Waals surface area contributed by atoms with Crippen LogP contribution in [0.25, 0.3) is 0 Å². The minimum atomic E-state index is -0.419. The quantitative estimate of drug-likeness (QED) is 0.776. The average Bonchev–Trinajstić information content (AvgIpc) is 2.59. The summed E-state index contributed by atoms with van der Waals surface area (Å²) in [5.41, 5.74) is 0.880. The summed E-state index contributed by atoms with van der Waals surface area (Å²) in [6.45, 7) is 2.13. The highest BCUT2D eigenvalue weighted by molar-refractivity contribution is 6.30. The zero-order chi connectivity index (χ0) is 16.2. The van der Waals surface area contributed by atoms with Gasteiger partial charge in [-0.05, 0) is 30.2 Å². The van der Waals surface area contributed by atoms with Crippen molar-refractivity contribution >= 4 is 23.5 Å². The van der Waals surface area contributed by atoms with Crippen LogP contribution >= 0.6 is 11.6 Å². The lowest BCUT2D eigenvalue weighted by atomic mass is 9.97. The van der Waals surface area contributed by atoms with Gasteiger partial charge in [0, 0.05) is 18.1 Å². The Bertz CT molecular complexity index is 600. The summed E-state index contributed by atoms with van der Waals surface area (Å²) in [4.78, 5) is 25.8. The van der Waals surface area contributed by atoms with Gasteiger partial charge in [0.15, 0.2) is 6.61 Å². The molecule has 23 heavy (non-hydrogen) atoms. The standard InChI is InChI=1S/C16H18ClNO5/c17-13-1-2-14-11(8-13)7-12(9-22-14)16(20)23-10-15(19)18-3-5-21-6-4-18/h1-2,8,12H,3-7,9-10H2/t12-/m1/s1. The van der Waals surface area contributed by atoms with Crippen molar-refractivity contribution in [2.45, 2.75) is 6.42 Å². The van der Waals surface area contributed by atoms with Crippen molar-refractivity contribution in [3.8, 4) is 5.75 Å². The maximum absolute atomic E-state index is 12.1. The Morgan fingerprint density at radius 3 is 2.87 bits per heavy atom. The number of nitrogens with zero attached hydrogens (tertiary/aromatic N) is 1. The van der Waals surface area contributed by atoms with Crippen LogP contribution in [0.2, 0.25) is 5.02 Å². The summed E-state index contributed by atoms with van der Waals surface area (Å²) in [6.07, 6.45) is 0.500. The molecule has 0 radical (unpaired) electrons. The van der Waals surface area contributed by atoms with Gasteiger partial charge in [0.05, 0.1) is 19.1 Å². The molecule has 1 aromatic carbocycles. The lowest BCUT2D eigenvalue weighted by Gasteiger charge is -2.27. The monoisotopic (exact) mass is 339 g/mol. The molecule has 2 heterocycles. The van der Waals surface area contributed by atoms with Crippen molar-refractivity contribution in [3.05, 3.63) is 28.8 Å². The number of amides is 1. The molecule has 0 spiro atoms. The minimum absolute atomic E-state index is 0.193. The number of halogens is 1. The van der Waals surface area contributed by atoms with Crippen LogP contribution in [0.4, 0.5) is 0 Å². The Labute approximate surface area is 139 Å². The summed E-state index contributed by atoms with van der Waals surface area (Å²) in [7, 11) is 0. The molecule has 0 N–H and O–H groups in total. The number of carbonyl (C=O) groups excluding carboxylic acids is 2. The van der Waals surface area contributed by atoms with Gasteiger partial charge in [-0.2, -0.15) is 0 Å². The van der Waals surface area contributed by atoms with Crippen LogP contribution in [0.5, 0.6) is 5.75 Å². The number of rotatable bonds is 3. The molecule has 0 saturated carbocycles. The van der Waals surface area contributed by atoms with Gasteiger partial charge in [-0.3, -0.25) is 9.59 Å². The predicted octanol–water partition coefficient (Wildman–Crippen LogP) is 1.29. The summed E-state index contributed by atoms with van der Waals surface area (Å²) < 4.78 is 15.9. The first-order valence-corrected chi connectivity index (χ1v) is 7.94. The van der Waals surface area contributed by atoms with Gasteiger partial charge in [0.25, 0.3) is 5.91 Å². The van der Waals surface area contributed by atoms with Crippen molar-refractivity contribution < 1.29 is 23.8 Å². The van der Waals surface area contributed by atoms with Crippen molar-refractivity contribution in [2.24, 2.45) is 5.92 Å². The molecule has 6 nitrogen and oxygen atoms in total. The number of hydrogen-bond acceptors (Lipinski definition) is 5. The second kappa shape index (κ2) is 7.19. The Morgan fingerprint density at radius 1 is 1.30 bits per heavy atom. The number of esters is 1. The van der Waals surface area contributed by atoms with E-state index in [0.29, 0.717) is 37.7 Å². The van der Waals surface area contributed by atoms with Crippen LogP contribution in [0.3, 0.4) is 0 Å². The SMILES string of the molecule is O=C(OCC(=O)N1CCOCC1)[C@H]1COc2ccc(Cl)cc2C1. The van der Waals surface area contributed by atoms with E-state index < -0.39 is 11.9 Å². The molecule has 124 valence electrons. The molecule has 1 atom stereocenters. The fraction of sp³-hybridized carbons (Fsp3) is 0.500. The van der Waals surface area contributed by atoms with Gasteiger partial charge in [-0.15, -0.1) is 0 Å². The van der Waals surface area contributed by atoms with Crippen molar-refractivity contribution in [3.63, 3.8) is 0 Å². The highest BCUT2D eigenvalue weighted by Crippen LogP contribution is 2.30. The third kappa shape index (κ3) is 3.95. The van der Waals surface area contributed by atoms with Crippen LogP contribution in [0.1, 0.15) is 5.56 Å². The molecule has 0 aliphatic carbocycles. The van der Waals surface area contributed by atoms with Crippen molar-refractivity contribution in [2.75, 3.05) is 39.5 Å². The average molecular weight is 340 g/mol. The molecule has 1 fully saturated rings. The largest absolute Gasteiger partial charge is 0.492 e. The topological polar surface area (TPSA) is 65.1 Å². The Balaban J connectivity index is 1.52. The Morgan fingerprint density at radius 2 is 2.09 bits per heavy atom. The lowest BCUT2D eigenvalue weighted by molar-refractivity contribution is -0.157. The minimum Gasteiger partial charge on any atom is -0.492 e. The number of carbonyl (C=O) groups is 2. The zero-order valence-corrected chi connectivity index (χ0v) is 13.4. The molecule has 0 unspecified atom stereocenters. The third-order valence-corrected chi connectivity index (χ3v) is 4.20. The summed E-state index contributed by atoms with van der Waals surface area (Å²) in [5, 5.41) is 0.601. The molecular formula is C16H18ClNO5. The molecule has 1 amide bonds. The fourth-order valence-electron chi connectivity index (χ4n) is 2.67. The molecule has 0 aromatic heterocycles. The number of morpholine rings is 1. The summed E-state index contributed by atoms with van der Waals surface area (Å²) in [5.74, 6) is -0.291. The van der Waals surface area contributed by atoms with E-state index in [0.717, 1.165) is 11.3 Å². The molecule has 3 rings (SSSR count). The second-order valence-electron chi connectivity index (χ2n) is 5.56. The van der Waals surface area contributed by atoms with Gasteiger partial charge in [0.1, 0.15) is 12.4 Å². The van der Waals surface area contributed by atoms with E-state index in [4.69, 9.17) is 25.8 Å². The first-order valence-electron chi connectivity index (χ1n) is 7.57. The van der Waals surface area contributed by atoms with E-state index >= 15 is 0 Å². The van der Waals surface area contributed by atoms with Crippen molar-refractivity contribution in [1.82, 2.24) is 4.90 Å². The maximum Gasteiger partial charge on any atom is 0.313 e. The van der Waals surface area contributed by atoms with Crippen LogP contribution in [-0.4, -0.2) is 56.3 Å². The molecule has 2 aliphatic rings. The second-order valence-corrected chi connectivity index (χ2v) is 6.00. The van der Waals surface area contributed by atoms with E-state index in [-0.39, 0.29) is 19.1 Å². The smallest absolute Gasteiger partial charge is 0.313 e. The fourth-order valence-corrected chi connectivity index (χ4v) is 2.86. The highest BCUT2D eigenvalue weighted by Gasteiger charge is 2.28. The van der Waals surface area contributed by atoms with E-state index in [1.807, 2.05) is 0 Å².